The number of aliphatic hydroxyl groups excluding tert-OH is 2. The van der Waals surface area contributed by atoms with Crippen LogP contribution in [0.15, 0.2) is 0 Å². The van der Waals surface area contributed by atoms with Crippen LogP contribution in [-0.4, -0.2) is 22.4 Å². The van der Waals surface area contributed by atoms with E-state index in [1.54, 1.807) is 13.8 Å². The van der Waals surface area contributed by atoms with E-state index in [0.29, 0.717) is 0 Å². The molecule has 0 saturated carbocycles. The Labute approximate surface area is 56.5 Å². The molecule has 0 heterocycles. The lowest BCUT2D eigenvalue weighted by Crippen LogP contribution is -2.36. The molecule has 0 aromatic rings. The van der Waals surface area contributed by atoms with Crippen LogP contribution in [0.3, 0.4) is 0 Å². The summed E-state index contributed by atoms with van der Waals surface area (Å²) < 4.78 is 0. The van der Waals surface area contributed by atoms with Gasteiger partial charge >= 0.3 is 0 Å². The summed E-state index contributed by atoms with van der Waals surface area (Å²) in [6.45, 7) is 7.05. The van der Waals surface area contributed by atoms with Gasteiger partial charge in [0, 0.05) is 5.41 Å². The van der Waals surface area contributed by atoms with E-state index in [-0.39, 0.29) is 5.41 Å². The second kappa shape index (κ2) is 2.67. The topological polar surface area (TPSA) is 40.5 Å². The summed E-state index contributed by atoms with van der Waals surface area (Å²) in [5, 5.41) is 18.2. The summed E-state index contributed by atoms with van der Waals surface area (Å²) in [7, 11) is 0. The van der Waals surface area contributed by atoms with E-state index in [4.69, 9.17) is 10.2 Å². The van der Waals surface area contributed by atoms with Crippen molar-refractivity contribution >= 4 is 0 Å². The fourth-order valence-corrected chi connectivity index (χ4v) is 0.349. The first-order valence-electron chi connectivity index (χ1n) is 3.25. The van der Waals surface area contributed by atoms with Crippen LogP contribution in [0.1, 0.15) is 27.7 Å². The van der Waals surface area contributed by atoms with Crippen molar-refractivity contribution in [1.29, 1.82) is 0 Å². The number of rotatable bonds is 2. The Balaban J connectivity index is 4.01. The predicted molar refractivity (Wildman–Crippen MR) is 37.1 cm³/mol. The number of hydrogen-bond donors (Lipinski definition) is 2. The molecule has 0 aromatic carbocycles. The van der Waals surface area contributed by atoms with Crippen molar-refractivity contribution in [1.82, 2.24) is 0 Å². The molecule has 2 nitrogen and oxygen atoms in total. The first-order valence-corrected chi connectivity index (χ1v) is 3.25. The molecule has 0 saturated heterocycles. The molecule has 0 aromatic heterocycles. The fraction of sp³-hybridized carbons (Fsp3) is 1.00. The minimum atomic E-state index is -0.461. The third kappa shape index (κ3) is 1.95. The first-order chi connectivity index (χ1) is 3.89. The van der Waals surface area contributed by atoms with Crippen molar-refractivity contribution in [2.75, 3.05) is 0 Å². The molecule has 0 bridgehead atoms. The molecule has 9 heavy (non-hydrogen) atoms. The van der Waals surface area contributed by atoms with Crippen molar-refractivity contribution in [2.45, 2.75) is 39.9 Å². The summed E-state index contributed by atoms with van der Waals surface area (Å²) in [4.78, 5) is 0. The molecular formula is C7H16O2. The van der Waals surface area contributed by atoms with E-state index in [0.717, 1.165) is 0 Å². The molecule has 0 unspecified atom stereocenters. The Hall–Kier alpha value is -0.0800. The zero-order valence-electron chi connectivity index (χ0n) is 6.55. The van der Waals surface area contributed by atoms with E-state index >= 15 is 0 Å². The van der Waals surface area contributed by atoms with Crippen molar-refractivity contribution in [3.8, 4) is 0 Å². The third-order valence-electron chi connectivity index (χ3n) is 2.15. The Morgan fingerprint density at radius 1 is 1.00 bits per heavy atom. The molecule has 56 valence electrons. The first kappa shape index (κ1) is 8.92. The summed E-state index contributed by atoms with van der Waals surface area (Å²) in [6, 6.07) is 0. The van der Waals surface area contributed by atoms with E-state index in [1.165, 1.54) is 0 Å². The van der Waals surface area contributed by atoms with Crippen LogP contribution < -0.4 is 0 Å². The molecule has 0 aliphatic heterocycles. The van der Waals surface area contributed by atoms with Gasteiger partial charge in [-0.25, -0.2) is 0 Å². The second-order valence-corrected chi connectivity index (χ2v) is 3.17. The lowest BCUT2D eigenvalue weighted by Gasteiger charge is -2.30. The predicted octanol–water partition coefficient (Wildman–Crippen LogP) is 0.774. The van der Waals surface area contributed by atoms with Gasteiger partial charge in [0.1, 0.15) is 0 Å². The average Bonchev–Trinajstić information content (AvgIpc) is 1.65. The van der Waals surface area contributed by atoms with Crippen LogP contribution in [-0.2, 0) is 0 Å². The van der Waals surface area contributed by atoms with Gasteiger partial charge < -0.3 is 10.2 Å². The summed E-state index contributed by atoms with van der Waals surface area (Å²) >= 11 is 0. The molecule has 0 fully saturated rings. The fourth-order valence-electron chi connectivity index (χ4n) is 0.349. The van der Waals surface area contributed by atoms with Crippen molar-refractivity contribution < 1.29 is 10.2 Å². The minimum Gasteiger partial charge on any atom is -0.393 e. The Kier molecular flexibility index (Phi) is 2.65. The highest BCUT2D eigenvalue weighted by Crippen LogP contribution is 2.24. The van der Waals surface area contributed by atoms with Crippen LogP contribution >= 0.6 is 0 Å². The van der Waals surface area contributed by atoms with Gasteiger partial charge in [0.05, 0.1) is 12.2 Å². The lowest BCUT2D eigenvalue weighted by atomic mass is 9.82. The Bertz CT molecular complexity index is 74.9. The van der Waals surface area contributed by atoms with Crippen LogP contribution in [0.2, 0.25) is 0 Å². The maximum absolute atomic E-state index is 9.09. The maximum atomic E-state index is 9.09. The van der Waals surface area contributed by atoms with Crippen LogP contribution in [0.5, 0.6) is 0 Å². The van der Waals surface area contributed by atoms with E-state index in [9.17, 15) is 0 Å². The van der Waals surface area contributed by atoms with Crippen molar-refractivity contribution in [3.63, 3.8) is 0 Å². The summed E-state index contributed by atoms with van der Waals surface area (Å²) in [6.07, 6.45) is -0.921. The highest BCUT2D eigenvalue weighted by molar-refractivity contribution is 4.79. The molecule has 0 rings (SSSR count). The highest BCUT2D eigenvalue weighted by Gasteiger charge is 2.29. The van der Waals surface area contributed by atoms with E-state index in [2.05, 4.69) is 0 Å². The number of aliphatic hydroxyl groups is 2. The molecule has 0 amide bonds. The second-order valence-electron chi connectivity index (χ2n) is 3.17. The molecule has 0 radical (unpaired) electrons. The molecule has 0 aliphatic carbocycles. The zero-order chi connectivity index (χ0) is 7.65. The third-order valence-corrected chi connectivity index (χ3v) is 2.15. The van der Waals surface area contributed by atoms with Gasteiger partial charge in [-0.05, 0) is 13.8 Å². The van der Waals surface area contributed by atoms with Gasteiger partial charge in [0.25, 0.3) is 0 Å². The molecule has 2 atom stereocenters. The van der Waals surface area contributed by atoms with Crippen LogP contribution in [0.4, 0.5) is 0 Å². The van der Waals surface area contributed by atoms with E-state index < -0.39 is 12.2 Å². The minimum absolute atomic E-state index is 0.389. The van der Waals surface area contributed by atoms with Gasteiger partial charge in [0.2, 0.25) is 0 Å². The van der Waals surface area contributed by atoms with E-state index in [1.807, 2.05) is 13.8 Å². The lowest BCUT2D eigenvalue weighted by molar-refractivity contribution is -0.0289. The maximum Gasteiger partial charge on any atom is 0.0587 e. The SMILES string of the molecule is C[C@H](O)C(C)(C)[C@H](C)O. The smallest absolute Gasteiger partial charge is 0.0587 e. The molecular weight excluding hydrogens is 116 g/mol. The highest BCUT2D eigenvalue weighted by atomic mass is 16.3. The normalized spacial score (nSPS) is 19.3. The largest absolute Gasteiger partial charge is 0.393 e. The van der Waals surface area contributed by atoms with Gasteiger partial charge in [-0.1, -0.05) is 13.8 Å². The standard InChI is InChI=1S/C7H16O2/c1-5(8)7(3,4)6(2)9/h5-6,8-9H,1-4H3/t5-,6-/m0/s1. The zero-order valence-corrected chi connectivity index (χ0v) is 6.55. The quantitative estimate of drug-likeness (QED) is 0.582. The molecule has 0 aliphatic rings. The van der Waals surface area contributed by atoms with Crippen LogP contribution in [0.25, 0.3) is 0 Å². The molecule has 2 heteroatoms. The Morgan fingerprint density at radius 2 is 1.22 bits per heavy atom. The Morgan fingerprint density at radius 3 is 1.22 bits per heavy atom. The van der Waals surface area contributed by atoms with Crippen LogP contribution in [0, 0.1) is 5.41 Å². The summed E-state index contributed by atoms with van der Waals surface area (Å²) in [5.74, 6) is 0. The van der Waals surface area contributed by atoms with Gasteiger partial charge in [-0.15, -0.1) is 0 Å². The number of hydrogen-bond acceptors (Lipinski definition) is 2. The van der Waals surface area contributed by atoms with Gasteiger partial charge in [0.15, 0.2) is 0 Å². The van der Waals surface area contributed by atoms with Crippen molar-refractivity contribution in [2.24, 2.45) is 5.41 Å². The summed E-state index contributed by atoms with van der Waals surface area (Å²) in [5.41, 5.74) is -0.389. The monoisotopic (exact) mass is 132 g/mol. The molecule has 0 spiro atoms. The van der Waals surface area contributed by atoms with Crippen molar-refractivity contribution in [3.05, 3.63) is 0 Å². The van der Waals surface area contributed by atoms with Gasteiger partial charge in [-0.2, -0.15) is 0 Å². The van der Waals surface area contributed by atoms with Gasteiger partial charge in [-0.3, -0.25) is 0 Å². The average molecular weight is 132 g/mol. The molecule has 2 N–H and O–H groups in total.